The van der Waals surface area contributed by atoms with Crippen molar-refractivity contribution in [2.24, 2.45) is 11.8 Å². The second kappa shape index (κ2) is 8.06. The molecule has 2 aromatic rings. The molecular formula is C23H18N2O6. The quantitative estimate of drug-likeness (QED) is 0.408. The number of rotatable bonds is 4. The third-order valence-electron chi connectivity index (χ3n) is 5.72. The van der Waals surface area contributed by atoms with Gasteiger partial charge in [-0.25, -0.2) is 0 Å². The standard InChI is InChI=1S/C23H18N2O6/c26-22-16(7-14-3-1-5-20(9-14)24(28)29)11-18-13-19(22)12-17(23(18)27)8-15-4-2-6-21(10-15)25(30)31/h1-10,18-19H,11-13H2/b16-7-,17-8+/t18-,19-/m1/s1. The highest BCUT2D eigenvalue weighted by Gasteiger charge is 2.41. The number of Topliss-reactive ketones (excluding diaryl/α,β-unsaturated/α-hetero) is 2. The van der Waals surface area contributed by atoms with Crippen LogP contribution in [0.2, 0.25) is 0 Å². The number of carbonyl (C=O) groups excluding carboxylic acids is 2. The fourth-order valence-electron chi connectivity index (χ4n) is 4.28. The van der Waals surface area contributed by atoms with Crippen LogP contribution in [0.1, 0.15) is 30.4 Å². The third-order valence-corrected chi connectivity index (χ3v) is 5.72. The number of non-ortho nitro benzene ring substituents is 2. The van der Waals surface area contributed by atoms with Crippen molar-refractivity contribution in [1.29, 1.82) is 0 Å². The number of fused-ring (bicyclic) bond motifs is 2. The number of nitro benzene ring substituents is 2. The molecule has 0 aromatic heterocycles. The smallest absolute Gasteiger partial charge is 0.270 e. The number of carbonyl (C=O) groups is 2. The van der Waals surface area contributed by atoms with E-state index in [2.05, 4.69) is 0 Å². The Kier molecular flexibility index (Phi) is 5.29. The molecule has 31 heavy (non-hydrogen) atoms. The number of nitro groups is 2. The molecule has 0 unspecified atom stereocenters. The Balaban J connectivity index is 1.61. The van der Waals surface area contributed by atoms with Crippen LogP contribution in [0, 0.1) is 32.1 Å². The van der Waals surface area contributed by atoms with E-state index in [-0.39, 0.29) is 47.6 Å². The van der Waals surface area contributed by atoms with Gasteiger partial charge in [0.2, 0.25) is 0 Å². The van der Waals surface area contributed by atoms with Crippen LogP contribution in [-0.2, 0) is 9.59 Å². The van der Waals surface area contributed by atoms with Gasteiger partial charge in [0.25, 0.3) is 11.4 Å². The monoisotopic (exact) mass is 418 g/mol. The van der Waals surface area contributed by atoms with Crippen LogP contribution in [0.5, 0.6) is 0 Å². The summed E-state index contributed by atoms with van der Waals surface area (Å²) in [5.74, 6) is -0.793. The van der Waals surface area contributed by atoms with E-state index >= 15 is 0 Å². The van der Waals surface area contributed by atoms with Gasteiger partial charge in [0, 0.05) is 36.1 Å². The lowest BCUT2D eigenvalue weighted by atomic mass is 9.66. The normalized spacial score (nSPS) is 23.2. The summed E-state index contributed by atoms with van der Waals surface area (Å²) in [6.07, 6.45) is 4.32. The highest BCUT2D eigenvalue weighted by atomic mass is 16.6. The topological polar surface area (TPSA) is 120 Å². The summed E-state index contributed by atoms with van der Waals surface area (Å²) in [6.45, 7) is 0. The SMILES string of the molecule is O=C1/C(=C\c2cccc([N+](=O)[O-])c2)C[C@@H]2C[C@H]1C/C(=C\c1cccc([N+](=O)[O-])c1)C2=O. The number of benzene rings is 2. The van der Waals surface area contributed by atoms with Gasteiger partial charge in [-0.05, 0) is 53.7 Å². The average Bonchev–Trinajstić information content (AvgIpc) is 2.75. The highest BCUT2D eigenvalue weighted by molar-refractivity contribution is 6.10. The Morgan fingerprint density at radius 3 is 1.55 bits per heavy atom. The molecule has 0 radical (unpaired) electrons. The van der Waals surface area contributed by atoms with Gasteiger partial charge in [-0.1, -0.05) is 24.3 Å². The largest absolute Gasteiger partial charge is 0.294 e. The van der Waals surface area contributed by atoms with E-state index in [0.29, 0.717) is 28.7 Å². The van der Waals surface area contributed by atoms with Crippen LogP contribution >= 0.6 is 0 Å². The Hall–Kier alpha value is -3.94. The zero-order valence-corrected chi connectivity index (χ0v) is 16.4. The van der Waals surface area contributed by atoms with E-state index < -0.39 is 9.85 Å². The molecule has 2 aromatic carbocycles. The minimum absolute atomic E-state index is 0.0554. The second-order valence-electron chi connectivity index (χ2n) is 7.81. The number of hydrogen-bond donors (Lipinski definition) is 0. The molecule has 2 saturated carbocycles. The lowest BCUT2D eigenvalue weighted by molar-refractivity contribution is -0.385. The van der Waals surface area contributed by atoms with Crippen LogP contribution in [0.25, 0.3) is 12.2 Å². The molecule has 0 spiro atoms. The minimum Gasteiger partial charge on any atom is -0.294 e. The van der Waals surface area contributed by atoms with Gasteiger partial charge in [0.15, 0.2) is 11.6 Å². The van der Waals surface area contributed by atoms with Gasteiger partial charge in [-0.15, -0.1) is 0 Å². The van der Waals surface area contributed by atoms with Crippen molar-refractivity contribution in [2.45, 2.75) is 19.3 Å². The molecule has 2 aliphatic rings. The lowest BCUT2D eigenvalue weighted by Crippen LogP contribution is -2.37. The van der Waals surface area contributed by atoms with Crippen LogP contribution in [0.4, 0.5) is 11.4 Å². The summed E-state index contributed by atoms with van der Waals surface area (Å²) >= 11 is 0. The molecule has 2 fully saturated rings. The van der Waals surface area contributed by atoms with Gasteiger partial charge in [-0.2, -0.15) is 0 Å². The molecule has 8 heteroatoms. The van der Waals surface area contributed by atoms with E-state index in [9.17, 15) is 29.8 Å². The van der Waals surface area contributed by atoms with Crippen LogP contribution in [-0.4, -0.2) is 21.4 Å². The molecule has 156 valence electrons. The third kappa shape index (κ3) is 4.18. The van der Waals surface area contributed by atoms with Gasteiger partial charge in [0.05, 0.1) is 9.85 Å². The minimum atomic E-state index is -0.492. The molecule has 2 atom stereocenters. The van der Waals surface area contributed by atoms with Crippen molar-refractivity contribution in [1.82, 2.24) is 0 Å². The van der Waals surface area contributed by atoms with Crippen molar-refractivity contribution >= 4 is 35.1 Å². The molecule has 0 saturated heterocycles. The van der Waals surface area contributed by atoms with Crippen molar-refractivity contribution in [3.8, 4) is 0 Å². The van der Waals surface area contributed by atoms with Crippen LogP contribution < -0.4 is 0 Å². The van der Waals surface area contributed by atoms with Gasteiger partial charge in [0.1, 0.15) is 0 Å². The summed E-state index contributed by atoms with van der Waals surface area (Å²) in [6, 6.07) is 12.1. The summed E-state index contributed by atoms with van der Waals surface area (Å²) in [5, 5.41) is 22.0. The van der Waals surface area contributed by atoms with Crippen LogP contribution in [0.15, 0.2) is 59.7 Å². The Bertz CT molecular complexity index is 1090. The Morgan fingerprint density at radius 2 is 1.16 bits per heavy atom. The van der Waals surface area contributed by atoms with E-state index in [4.69, 9.17) is 0 Å². The molecule has 2 aliphatic carbocycles. The van der Waals surface area contributed by atoms with Crippen molar-refractivity contribution < 1.29 is 19.4 Å². The van der Waals surface area contributed by atoms with Crippen molar-refractivity contribution in [3.63, 3.8) is 0 Å². The first kappa shape index (κ1) is 20.3. The van der Waals surface area contributed by atoms with Crippen LogP contribution in [0.3, 0.4) is 0 Å². The van der Waals surface area contributed by atoms with Crippen molar-refractivity contribution in [3.05, 3.63) is 91.0 Å². The molecule has 0 N–H and O–H groups in total. The number of hydrogen-bond acceptors (Lipinski definition) is 6. The predicted molar refractivity (Wildman–Crippen MR) is 113 cm³/mol. The molecule has 8 nitrogen and oxygen atoms in total. The summed E-state index contributed by atoms with van der Waals surface area (Å²) in [5.41, 5.74) is 2.00. The van der Waals surface area contributed by atoms with Gasteiger partial charge >= 0.3 is 0 Å². The number of ketones is 2. The molecule has 2 bridgehead atoms. The summed E-state index contributed by atoms with van der Waals surface area (Å²) < 4.78 is 0. The zero-order valence-electron chi connectivity index (χ0n) is 16.4. The molecule has 4 rings (SSSR count). The first-order valence-corrected chi connectivity index (χ1v) is 9.80. The Labute approximate surface area is 177 Å². The maximum absolute atomic E-state index is 13.0. The highest BCUT2D eigenvalue weighted by Crippen LogP contribution is 2.42. The first-order chi connectivity index (χ1) is 14.8. The maximum atomic E-state index is 13.0. The van der Waals surface area contributed by atoms with E-state index in [0.717, 1.165) is 0 Å². The summed E-state index contributed by atoms with van der Waals surface area (Å²) in [7, 11) is 0. The Morgan fingerprint density at radius 1 is 0.742 bits per heavy atom. The number of allylic oxidation sites excluding steroid dienone is 2. The first-order valence-electron chi connectivity index (χ1n) is 9.80. The molecule has 0 amide bonds. The zero-order chi connectivity index (χ0) is 22.1. The van der Waals surface area contributed by atoms with Crippen molar-refractivity contribution in [2.75, 3.05) is 0 Å². The van der Waals surface area contributed by atoms with Gasteiger partial charge < -0.3 is 0 Å². The fraction of sp³-hybridized carbons (Fsp3) is 0.217. The van der Waals surface area contributed by atoms with E-state index in [1.165, 1.54) is 24.3 Å². The lowest BCUT2D eigenvalue weighted by Gasteiger charge is -2.35. The molecule has 0 aliphatic heterocycles. The summed E-state index contributed by atoms with van der Waals surface area (Å²) in [4.78, 5) is 46.9. The van der Waals surface area contributed by atoms with E-state index in [1.807, 2.05) is 0 Å². The molecule has 0 heterocycles. The average molecular weight is 418 g/mol. The molecular weight excluding hydrogens is 400 g/mol. The number of nitrogens with zero attached hydrogens (tertiary/aromatic N) is 2. The maximum Gasteiger partial charge on any atom is 0.270 e. The fourth-order valence-corrected chi connectivity index (χ4v) is 4.28. The van der Waals surface area contributed by atoms with E-state index in [1.54, 1.807) is 36.4 Å². The van der Waals surface area contributed by atoms with Gasteiger partial charge in [-0.3, -0.25) is 29.8 Å². The second-order valence-corrected chi connectivity index (χ2v) is 7.81. The predicted octanol–water partition coefficient (Wildman–Crippen LogP) is 4.54.